The summed E-state index contributed by atoms with van der Waals surface area (Å²) in [6, 6.07) is 33.7. The van der Waals surface area contributed by atoms with Crippen LogP contribution >= 0.6 is 0 Å². The van der Waals surface area contributed by atoms with Crippen LogP contribution in [0.2, 0.25) is 0 Å². The average Bonchev–Trinajstić information content (AvgIpc) is 1.63. The number of halogens is 7. The van der Waals surface area contributed by atoms with Crippen molar-refractivity contribution in [2.45, 2.75) is 56.3 Å². The summed E-state index contributed by atoms with van der Waals surface area (Å²) in [4.78, 5) is 61.1. The van der Waals surface area contributed by atoms with Gasteiger partial charge in [0.25, 0.3) is 0 Å². The molecule has 0 unspecified atom stereocenters. The van der Waals surface area contributed by atoms with Gasteiger partial charge >= 0.3 is 0 Å². The van der Waals surface area contributed by atoms with Crippen molar-refractivity contribution in [1.29, 1.82) is 0 Å². The molecule has 0 radical (unpaired) electrons. The summed E-state index contributed by atoms with van der Waals surface area (Å²) in [6.07, 6.45) is 16.1. The van der Waals surface area contributed by atoms with Crippen LogP contribution in [0.5, 0.6) is 34.8 Å². The number of pyridine rings is 5. The molecular weight excluding hydrogens is 1340 g/mol. The Morgan fingerprint density at radius 3 is 1.13 bits per heavy atom. The largest absolute Gasteiger partial charge is 0.451 e. The van der Waals surface area contributed by atoms with E-state index in [1.165, 1.54) is 76.5 Å². The number of carbonyl (C=O) groups excluding carboxylic acids is 3. The van der Waals surface area contributed by atoms with Crippen LogP contribution in [0.4, 0.5) is 30.7 Å². The minimum atomic E-state index is -0.819. The number of hydrogen-bond acceptors (Lipinski definition) is 14. The van der Waals surface area contributed by atoms with E-state index >= 15 is 8.78 Å². The molecule has 4 aromatic carbocycles. The van der Waals surface area contributed by atoms with Gasteiger partial charge in [0.15, 0.2) is 34.8 Å². The second kappa shape index (κ2) is 30.6. The Hall–Kier alpha value is -12.4. The number of hydrogen-bond donors (Lipinski definition) is 0. The molecule has 3 atom stereocenters. The predicted molar refractivity (Wildman–Crippen MR) is 368 cm³/mol. The van der Waals surface area contributed by atoms with Crippen molar-refractivity contribution < 1.29 is 59.3 Å². The van der Waals surface area contributed by atoms with E-state index in [1.807, 2.05) is 12.1 Å². The molecule has 12 aromatic rings. The van der Waals surface area contributed by atoms with Crippen molar-refractivity contribution in [1.82, 2.24) is 69.0 Å². The topological polar surface area (TPSA) is 207 Å². The van der Waals surface area contributed by atoms with Crippen LogP contribution < -0.4 is 14.2 Å². The molecule has 3 fully saturated rings. The number of amides is 3. The van der Waals surface area contributed by atoms with E-state index in [0.717, 1.165) is 69.2 Å². The third-order valence-corrected chi connectivity index (χ3v) is 17.8. The lowest BCUT2D eigenvalue weighted by Gasteiger charge is -2.31. The van der Waals surface area contributed by atoms with E-state index in [9.17, 15) is 36.3 Å². The smallest absolute Gasteiger partial charge is 0.245 e. The molecule has 0 spiro atoms. The number of para-hydroxylation sites is 3. The van der Waals surface area contributed by atoms with Gasteiger partial charge in [0.2, 0.25) is 41.4 Å². The standard InChI is InChI=1S/C26H21F3N4O2.2C25H21F2N5O2/c1-2-23(34)32-12-4-5-16(15-32)25-24-21(29)13-30-14-22(24)33(31-25)17-8-10-18(11-9-17)35-26-19(27)6-3-7-20(26)28;2*1-2-22(33)31-12-6-7-16(15-31)24-23-18(26)13-28-14-20(23)32(30-24)19-10-11-21(29-25(19)27)34-17-8-4-3-5-9-17/h2-3,6-11,13-14,16H,1,4-5,12,15H2;2*2-5,8-11,13-14,16H,1,6-7,12,15H2/t3*16-/m110/s1. The summed E-state index contributed by atoms with van der Waals surface area (Å²) in [5.41, 5.74) is 3.25. The Balaban J connectivity index is 0.000000138. The monoisotopic (exact) mass is 1400 g/mol. The molecule has 8 aromatic heterocycles. The minimum absolute atomic E-state index is 0.0406. The SMILES string of the molecule is C=CC(=O)N1CCC[C@@H](c2nn(-c3ccc(Oc4c(F)cccc4F)cc3)c3cncc(F)c23)C1.C=CC(=O)N1CCC[C@@H](c2nn(-c3ccc(Oc4ccccc4)nc3F)c3cncc(F)c23)C1.C=CC(=O)N1CCC[C@H](c2nn(-c3ccc(Oc4ccccc4)nc3F)c3cncc(F)c23)C1. The molecule has 3 saturated heterocycles. The second-order valence-electron chi connectivity index (χ2n) is 24.3. The Bertz CT molecular complexity index is 4950. The van der Waals surface area contributed by atoms with Crippen LogP contribution in [0.25, 0.3) is 49.8 Å². The van der Waals surface area contributed by atoms with Crippen LogP contribution in [0.1, 0.15) is 73.4 Å². The van der Waals surface area contributed by atoms with Gasteiger partial charge in [-0.2, -0.15) is 34.0 Å². The van der Waals surface area contributed by atoms with E-state index in [2.05, 4.69) is 54.9 Å². The highest BCUT2D eigenvalue weighted by atomic mass is 19.2. The lowest BCUT2D eigenvalue weighted by Crippen LogP contribution is -2.38. The van der Waals surface area contributed by atoms with E-state index in [-0.39, 0.29) is 75.1 Å². The molecule has 3 aliphatic heterocycles. The van der Waals surface area contributed by atoms with E-state index < -0.39 is 46.7 Å². The summed E-state index contributed by atoms with van der Waals surface area (Å²) in [7, 11) is 0. The summed E-state index contributed by atoms with van der Waals surface area (Å²) in [5.74, 6) is -5.01. The van der Waals surface area contributed by atoms with E-state index in [1.54, 1.807) is 92.2 Å². The van der Waals surface area contributed by atoms with Crippen LogP contribution in [0, 0.1) is 41.0 Å². The number of carbonyl (C=O) groups is 3. The lowest BCUT2D eigenvalue weighted by molar-refractivity contribution is -0.127. The normalized spacial score (nSPS) is 15.9. The van der Waals surface area contributed by atoms with Gasteiger partial charge in [-0.1, -0.05) is 62.2 Å². The van der Waals surface area contributed by atoms with Gasteiger partial charge in [-0.25, -0.2) is 36.0 Å². The van der Waals surface area contributed by atoms with Crippen molar-refractivity contribution in [3.63, 3.8) is 0 Å². The van der Waals surface area contributed by atoms with Gasteiger partial charge in [-0.3, -0.25) is 29.3 Å². The van der Waals surface area contributed by atoms with Crippen LogP contribution in [0.3, 0.4) is 0 Å². The quantitative estimate of drug-likeness (QED) is 0.0532. The van der Waals surface area contributed by atoms with Gasteiger partial charge in [0.1, 0.15) is 28.6 Å². The van der Waals surface area contributed by atoms with Crippen LogP contribution in [0.15, 0.2) is 203 Å². The van der Waals surface area contributed by atoms with Crippen molar-refractivity contribution in [3.8, 4) is 51.8 Å². The third kappa shape index (κ3) is 14.8. The highest BCUT2D eigenvalue weighted by molar-refractivity contribution is 5.90. The van der Waals surface area contributed by atoms with Crippen LogP contribution in [-0.4, -0.2) is 126 Å². The molecule has 3 aliphatic rings. The first-order chi connectivity index (χ1) is 50.0. The number of benzene rings is 4. The number of fused-ring (bicyclic) bond motifs is 3. The summed E-state index contributed by atoms with van der Waals surface area (Å²) in [6.45, 7) is 13.6. The van der Waals surface area contributed by atoms with Crippen molar-refractivity contribution in [3.05, 3.63) is 261 Å². The van der Waals surface area contributed by atoms with Gasteiger partial charge in [0, 0.05) is 69.2 Å². The fourth-order valence-corrected chi connectivity index (χ4v) is 13.0. The van der Waals surface area contributed by atoms with Gasteiger partial charge in [-0.05, 0) is 130 Å². The maximum atomic E-state index is 15.1. The Labute approximate surface area is 584 Å². The first-order valence-electron chi connectivity index (χ1n) is 32.9. The molecular formula is C76H63F7N14O6. The number of nitrogens with zero attached hydrogens (tertiary/aromatic N) is 14. The minimum Gasteiger partial charge on any atom is -0.451 e. The fourth-order valence-electron chi connectivity index (χ4n) is 13.0. The zero-order valence-corrected chi connectivity index (χ0v) is 55.0. The number of likely N-dealkylation sites (tertiary alicyclic amines) is 3. The molecule has 3 amide bonds. The number of aromatic nitrogens is 11. The summed E-state index contributed by atoms with van der Waals surface area (Å²) >= 11 is 0. The molecule has 20 nitrogen and oxygen atoms in total. The average molecular weight is 1400 g/mol. The predicted octanol–water partition coefficient (Wildman–Crippen LogP) is 15.1. The first kappa shape index (κ1) is 69.1. The molecule has 103 heavy (non-hydrogen) atoms. The highest BCUT2D eigenvalue weighted by Gasteiger charge is 2.34. The van der Waals surface area contributed by atoms with Crippen molar-refractivity contribution in [2.75, 3.05) is 39.3 Å². The van der Waals surface area contributed by atoms with Crippen molar-refractivity contribution in [2.24, 2.45) is 0 Å². The highest BCUT2D eigenvalue weighted by Crippen LogP contribution is 2.39. The number of rotatable bonds is 15. The maximum absolute atomic E-state index is 15.1. The summed E-state index contributed by atoms with van der Waals surface area (Å²) < 4.78 is 124. The molecule has 0 N–H and O–H groups in total. The molecule has 27 heteroatoms. The molecule has 0 saturated carbocycles. The Morgan fingerprint density at radius 2 is 0.757 bits per heavy atom. The Kier molecular flexibility index (Phi) is 20.5. The molecule has 0 bridgehead atoms. The first-order valence-corrected chi connectivity index (χ1v) is 32.9. The van der Waals surface area contributed by atoms with E-state index in [4.69, 9.17) is 19.3 Å². The van der Waals surface area contributed by atoms with Gasteiger partial charge in [-0.15, -0.1) is 0 Å². The van der Waals surface area contributed by atoms with E-state index in [0.29, 0.717) is 95.5 Å². The molecule has 522 valence electrons. The summed E-state index contributed by atoms with van der Waals surface area (Å²) in [5, 5.41) is 14.8. The second-order valence-corrected chi connectivity index (χ2v) is 24.3. The number of ether oxygens (including phenoxy) is 3. The molecule has 11 heterocycles. The molecule has 15 rings (SSSR count). The van der Waals surface area contributed by atoms with Gasteiger partial charge in [0.05, 0.1) is 92.7 Å². The maximum Gasteiger partial charge on any atom is 0.245 e. The van der Waals surface area contributed by atoms with Gasteiger partial charge < -0.3 is 28.9 Å². The fraction of sp³-hybridized carbons (Fsp3) is 0.197. The lowest BCUT2D eigenvalue weighted by atomic mass is 9.93. The molecule has 0 aliphatic carbocycles. The van der Waals surface area contributed by atoms with Crippen molar-refractivity contribution >= 4 is 50.4 Å². The number of piperidine rings is 3. The zero-order chi connectivity index (χ0) is 71.8. The Morgan fingerprint density at radius 1 is 0.398 bits per heavy atom. The third-order valence-electron chi connectivity index (χ3n) is 17.8. The zero-order valence-electron chi connectivity index (χ0n) is 55.0. The van der Waals surface area contributed by atoms with Crippen LogP contribution in [-0.2, 0) is 14.4 Å².